The van der Waals surface area contributed by atoms with E-state index >= 15 is 0 Å². The normalized spacial score (nSPS) is 11.4. The van der Waals surface area contributed by atoms with Crippen molar-refractivity contribution in [3.05, 3.63) is 60.2 Å². The number of ether oxygens (including phenoxy) is 1. The van der Waals surface area contributed by atoms with E-state index in [0.717, 1.165) is 5.76 Å². The lowest BCUT2D eigenvalue weighted by Gasteiger charge is -2.13. The van der Waals surface area contributed by atoms with E-state index in [0.29, 0.717) is 30.0 Å². The molecule has 130 valence electrons. The van der Waals surface area contributed by atoms with Gasteiger partial charge in [0.2, 0.25) is 17.7 Å². The van der Waals surface area contributed by atoms with Crippen molar-refractivity contribution in [2.24, 2.45) is 0 Å². The van der Waals surface area contributed by atoms with Crippen molar-refractivity contribution < 1.29 is 13.5 Å². The van der Waals surface area contributed by atoms with Gasteiger partial charge in [0.1, 0.15) is 17.3 Å². The number of nitrogens with zero attached hydrogens (tertiary/aromatic N) is 3. The highest BCUT2D eigenvalue weighted by Gasteiger charge is 2.19. The van der Waals surface area contributed by atoms with E-state index in [9.17, 15) is 4.39 Å². The number of oxazole rings is 1. The molecule has 0 saturated carbocycles. The molecule has 2 aromatic heterocycles. The molecule has 0 bridgehead atoms. The topological polar surface area (TPSA) is 73.1 Å². The van der Waals surface area contributed by atoms with E-state index in [1.165, 1.54) is 24.3 Å². The number of hydrogen-bond donors (Lipinski definition) is 1. The standard InChI is InChI=1S/C18H19FN4O2/c1-18(2,3)14-10-21-16(25-14)11-22-17-20-9-8-15(23-17)24-13-6-4-12(19)5-7-13/h4-10H,11H2,1-3H3,(H,20,22,23). The number of rotatable bonds is 5. The fraction of sp³-hybridized carbons (Fsp3) is 0.278. The predicted molar refractivity (Wildman–Crippen MR) is 91.0 cm³/mol. The molecule has 0 radical (unpaired) electrons. The van der Waals surface area contributed by atoms with Gasteiger partial charge in [0, 0.05) is 17.7 Å². The third kappa shape index (κ3) is 4.53. The van der Waals surface area contributed by atoms with Crippen LogP contribution in [0.3, 0.4) is 0 Å². The lowest BCUT2D eigenvalue weighted by Crippen LogP contribution is -2.09. The molecule has 0 amide bonds. The predicted octanol–water partition coefficient (Wildman–Crippen LogP) is 4.31. The lowest BCUT2D eigenvalue weighted by atomic mass is 9.94. The fourth-order valence-electron chi connectivity index (χ4n) is 2.00. The van der Waals surface area contributed by atoms with Gasteiger partial charge in [-0.3, -0.25) is 0 Å². The third-order valence-electron chi connectivity index (χ3n) is 3.36. The molecule has 6 nitrogen and oxygen atoms in total. The smallest absolute Gasteiger partial charge is 0.226 e. The number of anilines is 1. The minimum Gasteiger partial charge on any atom is -0.443 e. The van der Waals surface area contributed by atoms with Crippen molar-refractivity contribution in [1.29, 1.82) is 0 Å². The monoisotopic (exact) mass is 342 g/mol. The number of aromatic nitrogens is 3. The molecular formula is C18H19FN4O2. The van der Waals surface area contributed by atoms with Gasteiger partial charge in [-0.25, -0.2) is 14.4 Å². The van der Waals surface area contributed by atoms with Gasteiger partial charge in [-0.15, -0.1) is 0 Å². The van der Waals surface area contributed by atoms with Crippen LogP contribution in [0.5, 0.6) is 11.6 Å². The zero-order chi connectivity index (χ0) is 17.9. The first-order valence-electron chi connectivity index (χ1n) is 7.86. The maximum Gasteiger partial charge on any atom is 0.226 e. The Balaban J connectivity index is 1.63. The molecule has 0 saturated heterocycles. The van der Waals surface area contributed by atoms with Crippen LogP contribution in [0.25, 0.3) is 0 Å². The van der Waals surface area contributed by atoms with Crippen molar-refractivity contribution in [2.45, 2.75) is 32.7 Å². The lowest BCUT2D eigenvalue weighted by molar-refractivity contribution is 0.385. The summed E-state index contributed by atoms with van der Waals surface area (Å²) in [6, 6.07) is 7.34. The Hall–Kier alpha value is -2.96. The zero-order valence-corrected chi connectivity index (χ0v) is 14.3. The summed E-state index contributed by atoms with van der Waals surface area (Å²) in [5, 5.41) is 3.04. The second-order valence-corrected chi connectivity index (χ2v) is 6.50. The van der Waals surface area contributed by atoms with E-state index in [1.54, 1.807) is 18.5 Å². The van der Waals surface area contributed by atoms with Crippen LogP contribution in [0.1, 0.15) is 32.4 Å². The first-order valence-corrected chi connectivity index (χ1v) is 7.86. The van der Waals surface area contributed by atoms with E-state index in [1.807, 2.05) is 0 Å². The molecule has 1 N–H and O–H groups in total. The highest BCUT2D eigenvalue weighted by Crippen LogP contribution is 2.23. The van der Waals surface area contributed by atoms with E-state index < -0.39 is 0 Å². The van der Waals surface area contributed by atoms with Crippen molar-refractivity contribution in [3.8, 4) is 11.6 Å². The van der Waals surface area contributed by atoms with Gasteiger partial charge in [-0.05, 0) is 24.3 Å². The van der Waals surface area contributed by atoms with Crippen LogP contribution in [0, 0.1) is 5.82 Å². The van der Waals surface area contributed by atoms with Crippen molar-refractivity contribution in [3.63, 3.8) is 0 Å². The van der Waals surface area contributed by atoms with Gasteiger partial charge < -0.3 is 14.5 Å². The average molecular weight is 342 g/mol. The summed E-state index contributed by atoms with van der Waals surface area (Å²) in [7, 11) is 0. The Morgan fingerprint density at radius 2 is 1.88 bits per heavy atom. The molecule has 3 rings (SSSR count). The van der Waals surface area contributed by atoms with Crippen LogP contribution in [0.2, 0.25) is 0 Å². The largest absolute Gasteiger partial charge is 0.443 e. The summed E-state index contributed by atoms with van der Waals surface area (Å²) >= 11 is 0. The highest BCUT2D eigenvalue weighted by atomic mass is 19.1. The van der Waals surface area contributed by atoms with E-state index in [2.05, 4.69) is 41.0 Å². The third-order valence-corrected chi connectivity index (χ3v) is 3.36. The number of hydrogen-bond acceptors (Lipinski definition) is 6. The molecule has 0 spiro atoms. The SMILES string of the molecule is CC(C)(C)c1cnc(CNc2nccc(Oc3ccc(F)cc3)n2)o1. The first-order chi connectivity index (χ1) is 11.9. The minimum absolute atomic E-state index is 0.0926. The Morgan fingerprint density at radius 3 is 2.56 bits per heavy atom. The maximum absolute atomic E-state index is 12.9. The highest BCUT2D eigenvalue weighted by molar-refractivity contribution is 5.31. The summed E-state index contributed by atoms with van der Waals surface area (Å²) in [6.45, 7) is 6.54. The second kappa shape index (κ2) is 6.88. The minimum atomic E-state index is -0.321. The Kier molecular flexibility index (Phi) is 4.65. The Bertz CT molecular complexity index is 841. The molecule has 7 heteroatoms. The molecule has 0 fully saturated rings. The molecule has 1 aromatic carbocycles. The number of halogens is 1. The van der Waals surface area contributed by atoms with Gasteiger partial charge in [0.25, 0.3) is 0 Å². The zero-order valence-electron chi connectivity index (χ0n) is 14.3. The van der Waals surface area contributed by atoms with E-state index in [-0.39, 0.29) is 11.2 Å². The molecule has 0 aliphatic rings. The van der Waals surface area contributed by atoms with Crippen molar-refractivity contribution >= 4 is 5.95 Å². The molecule has 0 aliphatic heterocycles. The van der Waals surface area contributed by atoms with Gasteiger partial charge >= 0.3 is 0 Å². The van der Waals surface area contributed by atoms with Crippen LogP contribution >= 0.6 is 0 Å². The first kappa shape index (κ1) is 16.9. The summed E-state index contributed by atoms with van der Waals surface area (Å²) in [6.07, 6.45) is 3.30. The quantitative estimate of drug-likeness (QED) is 0.745. The molecule has 0 unspecified atom stereocenters. The van der Waals surface area contributed by atoms with Crippen molar-refractivity contribution in [2.75, 3.05) is 5.32 Å². The van der Waals surface area contributed by atoms with E-state index in [4.69, 9.17) is 9.15 Å². The fourth-order valence-corrected chi connectivity index (χ4v) is 2.00. The molecular weight excluding hydrogens is 323 g/mol. The molecule has 0 aliphatic carbocycles. The summed E-state index contributed by atoms with van der Waals surface area (Å²) in [5.74, 6) is 2.28. The number of nitrogens with one attached hydrogen (secondary N) is 1. The van der Waals surface area contributed by atoms with Crippen molar-refractivity contribution in [1.82, 2.24) is 15.0 Å². The van der Waals surface area contributed by atoms with Crippen LogP contribution < -0.4 is 10.1 Å². The van der Waals surface area contributed by atoms with Gasteiger partial charge in [-0.1, -0.05) is 20.8 Å². The summed E-state index contributed by atoms with van der Waals surface area (Å²) in [4.78, 5) is 12.6. The van der Waals surface area contributed by atoms with Gasteiger partial charge in [-0.2, -0.15) is 4.98 Å². The molecule has 3 aromatic rings. The van der Waals surface area contributed by atoms with Crippen LogP contribution in [-0.2, 0) is 12.0 Å². The van der Waals surface area contributed by atoms with Crippen LogP contribution in [0.4, 0.5) is 10.3 Å². The second-order valence-electron chi connectivity index (χ2n) is 6.50. The average Bonchev–Trinajstić information content (AvgIpc) is 3.05. The molecule has 0 atom stereocenters. The molecule has 2 heterocycles. The van der Waals surface area contributed by atoms with Crippen LogP contribution in [0.15, 0.2) is 47.1 Å². The molecule has 25 heavy (non-hydrogen) atoms. The summed E-state index contributed by atoms with van der Waals surface area (Å²) in [5.41, 5.74) is -0.0926. The summed E-state index contributed by atoms with van der Waals surface area (Å²) < 4.78 is 24.2. The van der Waals surface area contributed by atoms with Gasteiger partial charge in [0.05, 0.1) is 12.7 Å². The van der Waals surface area contributed by atoms with Crippen LogP contribution in [-0.4, -0.2) is 15.0 Å². The Labute approximate surface area is 145 Å². The van der Waals surface area contributed by atoms with Gasteiger partial charge in [0.15, 0.2) is 0 Å². The maximum atomic E-state index is 12.9. The number of benzene rings is 1. The Morgan fingerprint density at radius 1 is 1.12 bits per heavy atom.